The molecule has 0 atom stereocenters. The van der Waals surface area contributed by atoms with Crippen LogP contribution < -0.4 is 14.4 Å². The quantitative estimate of drug-likeness (QED) is 0.107. The summed E-state index contributed by atoms with van der Waals surface area (Å²) < 4.78 is 16.6. The maximum Gasteiger partial charge on any atom is 0.339 e. The number of aromatic nitrogens is 2. The van der Waals surface area contributed by atoms with Crippen molar-refractivity contribution in [1.29, 1.82) is 0 Å². The number of carbonyl (C=O) groups is 1. The van der Waals surface area contributed by atoms with Gasteiger partial charge < -0.3 is 19.1 Å². The van der Waals surface area contributed by atoms with Gasteiger partial charge in [0, 0.05) is 42.2 Å². The minimum Gasteiger partial charge on any atom is -0.493 e. The summed E-state index contributed by atoms with van der Waals surface area (Å²) in [6.07, 6.45) is 18.8. The van der Waals surface area contributed by atoms with E-state index in [9.17, 15) is 4.79 Å². The minimum absolute atomic E-state index is 0. The van der Waals surface area contributed by atoms with Gasteiger partial charge in [-0.3, -0.25) is 0 Å². The number of benzene rings is 2. The average molecular weight is 598 g/mol. The molecule has 0 bridgehead atoms. The largest absolute Gasteiger partial charge is 0.493 e. The lowest BCUT2D eigenvalue weighted by molar-refractivity contribution is 0.0535. The number of rotatable bonds is 18. The fourth-order valence-corrected chi connectivity index (χ4v) is 5.74. The van der Waals surface area contributed by atoms with Crippen molar-refractivity contribution in [2.45, 2.75) is 97.5 Å². The number of hydrogen-bond acceptors (Lipinski definition) is 7. The molecule has 0 fully saturated rings. The number of anilines is 1. The van der Waals surface area contributed by atoms with Crippen LogP contribution in [0.1, 0.15) is 107 Å². The third-order valence-corrected chi connectivity index (χ3v) is 8.06. The SMILES string of the molecule is CCCCCCCCN(CCCCCCCC)c1ncc(-c2c3c(cc4cc(OC)c(OC)cc24)COC3=O)cn1.Cl. The van der Waals surface area contributed by atoms with Crippen LogP contribution in [0.25, 0.3) is 21.9 Å². The summed E-state index contributed by atoms with van der Waals surface area (Å²) in [5.74, 6) is 1.69. The molecule has 0 saturated carbocycles. The molecule has 8 heteroatoms. The predicted molar refractivity (Wildman–Crippen MR) is 173 cm³/mol. The zero-order valence-electron chi connectivity index (χ0n) is 25.9. The molecular formula is C34H48ClN3O4. The van der Waals surface area contributed by atoms with Gasteiger partial charge in [0.2, 0.25) is 5.95 Å². The highest BCUT2D eigenvalue weighted by Gasteiger charge is 2.29. The Bertz CT molecular complexity index is 1270. The van der Waals surface area contributed by atoms with Crippen LogP contribution in [0.5, 0.6) is 11.5 Å². The fourth-order valence-electron chi connectivity index (χ4n) is 5.74. The number of halogens is 1. The van der Waals surface area contributed by atoms with Crippen molar-refractivity contribution in [1.82, 2.24) is 9.97 Å². The van der Waals surface area contributed by atoms with Crippen LogP contribution in [0.15, 0.2) is 30.6 Å². The second-order valence-electron chi connectivity index (χ2n) is 11.1. The lowest BCUT2D eigenvalue weighted by Gasteiger charge is -2.23. The maximum atomic E-state index is 12.9. The Morgan fingerprint density at radius 3 is 1.88 bits per heavy atom. The molecule has 0 aliphatic carbocycles. The number of carbonyl (C=O) groups excluding carboxylic acids is 1. The summed E-state index contributed by atoms with van der Waals surface area (Å²) >= 11 is 0. The van der Waals surface area contributed by atoms with E-state index in [2.05, 4.69) is 18.7 Å². The molecule has 0 saturated heterocycles. The van der Waals surface area contributed by atoms with Gasteiger partial charge >= 0.3 is 5.97 Å². The lowest BCUT2D eigenvalue weighted by atomic mass is 9.91. The number of methoxy groups -OCH3 is 2. The van der Waals surface area contributed by atoms with E-state index in [4.69, 9.17) is 24.2 Å². The first-order valence-corrected chi connectivity index (χ1v) is 15.6. The van der Waals surface area contributed by atoms with E-state index in [1.165, 1.54) is 64.2 Å². The smallest absolute Gasteiger partial charge is 0.339 e. The van der Waals surface area contributed by atoms with E-state index >= 15 is 0 Å². The number of nitrogens with zero attached hydrogens (tertiary/aromatic N) is 3. The van der Waals surface area contributed by atoms with Crippen LogP contribution >= 0.6 is 12.4 Å². The zero-order valence-corrected chi connectivity index (χ0v) is 26.7. The number of ether oxygens (including phenoxy) is 3. The van der Waals surface area contributed by atoms with E-state index < -0.39 is 0 Å². The lowest BCUT2D eigenvalue weighted by Crippen LogP contribution is -2.27. The Hall–Kier alpha value is -3.06. The zero-order chi connectivity index (χ0) is 29.0. The maximum absolute atomic E-state index is 12.9. The molecule has 4 rings (SSSR count). The summed E-state index contributed by atoms with van der Waals surface area (Å²) in [5, 5.41) is 1.83. The van der Waals surface area contributed by atoms with Gasteiger partial charge in [-0.2, -0.15) is 0 Å². The monoisotopic (exact) mass is 597 g/mol. The van der Waals surface area contributed by atoms with Crippen molar-refractivity contribution >= 4 is 35.1 Å². The Balaban J connectivity index is 0.00000484. The molecule has 3 aromatic rings. The van der Waals surface area contributed by atoms with Crippen molar-refractivity contribution in [3.63, 3.8) is 0 Å². The van der Waals surface area contributed by atoms with Crippen LogP contribution in [0.4, 0.5) is 5.95 Å². The van der Waals surface area contributed by atoms with Gasteiger partial charge in [0.1, 0.15) is 6.61 Å². The highest BCUT2D eigenvalue weighted by molar-refractivity contribution is 6.11. The van der Waals surface area contributed by atoms with Gasteiger partial charge in [0.25, 0.3) is 0 Å². The van der Waals surface area contributed by atoms with Gasteiger partial charge in [-0.15, -0.1) is 12.4 Å². The van der Waals surface area contributed by atoms with E-state index in [1.54, 1.807) is 14.2 Å². The molecule has 2 aromatic carbocycles. The molecule has 2 heterocycles. The van der Waals surface area contributed by atoms with Gasteiger partial charge in [-0.05, 0) is 41.8 Å². The molecule has 0 amide bonds. The molecule has 1 aliphatic heterocycles. The molecule has 230 valence electrons. The number of hydrogen-bond donors (Lipinski definition) is 0. The summed E-state index contributed by atoms with van der Waals surface area (Å²) in [4.78, 5) is 24.9. The van der Waals surface area contributed by atoms with Crippen LogP contribution in [0, 0.1) is 0 Å². The molecule has 0 radical (unpaired) electrons. The number of esters is 1. The third kappa shape index (κ3) is 8.27. The molecular weight excluding hydrogens is 550 g/mol. The first-order chi connectivity index (χ1) is 20.1. The second kappa shape index (κ2) is 17.2. The molecule has 0 spiro atoms. The molecule has 1 aliphatic rings. The van der Waals surface area contributed by atoms with Crippen molar-refractivity contribution in [2.24, 2.45) is 0 Å². The molecule has 0 unspecified atom stereocenters. The number of fused-ring (bicyclic) bond motifs is 2. The van der Waals surface area contributed by atoms with E-state index in [-0.39, 0.29) is 25.0 Å². The number of cyclic esters (lactones) is 1. The molecule has 7 nitrogen and oxygen atoms in total. The van der Waals surface area contributed by atoms with E-state index in [0.29, 0.717) is 17.1 Å². The van der Waals surface area contributed by atoms with Crippen LogP contribution in [-0.4, -0.2) is 43.2 Å². The Morgan fingerprint density at radius 1 is 0.762 bits per heavy atom. The Kier molecular flexibility index (Phi) is 13.7. The first-order valence-electron chi connectivity index (χ1n) is 15.6. The first kappa shape index (κ1) is 33.4. The van der Waals surface area contributed by atoms with Crippen molar-refractivity contribution in [2.75, 3.05) is 32.2 Å². The van der Waals surface area contributed by atoms with Gasteiger partial charge in [0.15, 0.2) is 11.5 Å². The van der Waals surface area contributed by atoms with Crippen LogP contribution in [0.2, 0.25) is 0 Å². The third-order valence-electron chi connectivity index (χ3n) is 8.06. The minimum atomic E-state index is -0.316. The van der Waals surface area contributed by atoms with E-state index in [1.807, 2.05) is 30.6 Å². The van der Waals surface area contributed by atoms with Gasteiger partial charge in [-0.25, -0.2) is 14.8 Å². The van der Waals surface area contributed by atoms with Crippen molar-refractivity contribution in [3.05, 3.63) is 41.7 Å². The number of unbranched alkanes of at least 4 members (excludes halogenated alkanes) is 10. The topological polar surface area (TPSA) is 73.8 Å². The van der Waals surface area contributed by atoms with Gasteiger partial charge in [0.05, 0.1) is 19.8 Å². The fraction of sp³-hybridized carbons (Fsp3) is 0.559. The van der Waals surface area contributed by atoms with Crippen LogP contribution in [0.3, 0.4) is 0 Å². The summed E-state index contributed by atoms with van der Waals surface area (Å²) in [7, 11) is 3.24. The summed E-state index contributed by atoms with van der Waals surface area (Å²) in [5.41, 5.74) is 3.02. The van der Waals surface area contributed by atoms with Gasteiger partial charge in [-0.1, -0.05) is 78.1 Å². The summed E-state index contributed by atoms with van der Waals surface area (Å²) in [6, 6.07) is 5.87. The molecule has 0 N–H and O–H groups in total. The van der Waals surface area contributed by atoms with E-state index in [0.717, 1.165) is 59.3 Å². The average Bonchev–Trinajstić information content (AvgIpc) is 3.37. The second-order valence-corrected chi connectivity index (χ2v) is 11.1. The predicted octanol–water partition coefficient (Wildman–Crippen LogP) is 8.93. The molecule has 42 heavy (non-hydrogen) atoms. The highest BCUT2D eigenvalue weighted by atomic mass is 35.5. The van der Waals surface area contributed by atoms with Crippen molar-refractivity contribution < 1.29 is 19.0 Å². The standard InChI is InChI=1S/C34H47N3O4.ClH/c1-5-7-9-11-13-15-17-37(18-16-14-12-10-8-6-2)34-35-22-27(23-36-34)31-28-21-30(40-4)29(39-3)20-25(28)19-26-24-41-33(38)32(26)31;/h19-23H,5-18,24H2,1-4H3;1H. The summed E-state index contributed by atoms with van der Waals surface area (Å²) in [6.45, 7) is 6.70. The van der Waals surface area contributed by atoms with Crippen LogP contribution in [-0.2, 0) is 11.3 Å². The van der Waals surface area contributed by atoms with Crippen molar-refractivity contribution in [3.8, 4) is 22.6 Å². The highest BCUT2D eigenvalue weighted by Crippen LogP contribution is 2.42. The normalized spacial score (nSPS) is 12.1. The Morgan fingerprint density at radius 2 is 1.31 bits per heavy atom. The Labute approximate surface area is 257 Å². The molecule has 1 aromatic heterocycles.